The average Bonchev–Trinajstić information content (AvgIpc) is 2.50. The zero-order chi connectivity index (χ0) is 14.4. The number of urea groups is 1. The van der Waals surface area contributed by atoms with Crippen LogP contribution in [0.3, 0.4) is 0 Å². The minimum absolute atomic E-state index is 0.0760. The zero-order valence-corrected chi connectivity index (χ0v) is 11.8. The summed E-state index contributed by atoms with van der Waals surface area (Å²) in [5, 5.41) is 12.2. The normalized spacial score (nSPS) is 17.8. The first-order valence-electron chi connectivity index (χ1n) is 7.05. The van der Waals surface area contributed by atoms with Gasteiger partial charge >= 0.3 is 6.03 Å². The number of carbonyl (C=O) groups is 1. The van der Waals surface area contributed by atoms with Crippen LogP contribution in [0.25, 0.3) is 0 Å². The molecule has 0 saturated carbocycles. The number of hydrogen-bond donors (Lipinski definition) is 2. The van der Waals surface area contributed by atoms with E-state index >= 15 is 0 Å². The first kappa shape index (κ1) is 14.7. The van der Waals surface area contributed by atoms with Gasteiger partial charge in [0.25, 0.3) is 0 Å². The number of pyridine rings is 1. The Morgan fingerprint density at radius 2 is 2.00 bits per heavy atom. The van der Waals surface area contributed by atoms with Crippen molar-refractivity contribution in [3.63, 3.8) is 0 Å². The lowest BCUT2D eigenvalue weighted by Gasteiger charge is -2.38. The van der Waals surface area contributed by atoms with E-state index in [1.807, 2.05) is 0 Å². The molecule has 0 aromatic carbocycles. The molecule has 1 aliphatic rings. The summed E-state index contributed by atoms with van der Waals surface area (Å²) < 4.78 is 0. The number of hydrogen-bond acceptors (Lipinski definition) is 4. The van der Waals surface area contributed by atoms with Crippen LogP contribution in [0.5, 0.6) is 0 Å². The van der Waals surface area contributed by atoms with E-state index in [1.54, 1.807) is 29.4 Å². The first-order valence-corrected chi connectivity index (χ1v) is 7.05. The summed E-state index contributed by atoms with van der Waals surface area (Å²) in [5.41, 5.74) is 0.759. The van der Waals surface area contributed by atoms with Crippen molar-refractivity contribution in [1.29, 1.82) is 0 Å². The summed E-state index contributed by atoms with van der Waals surface area (Å²) in [6, 6.07) is 3.67. The standard InChI is InChI=1S/C14H22N4O2/c1-2-13(11-19)17-7-9-18(10-8-17)14(20)16-12-3-5-15-6-4-12/h3-6,13,19H,2,7-11H2,1H3,(H,15,16,20). The van der Waals surface area contributed by atoms with Crippen molar-refractivity contribution >= 4 is 11.7 Å². The summed E-state index contributed by atoms with van der Waals surface area (Å²) in [5.74, 6) is 0. The van der Waals surface area contributed by atoms with E-state index in [4.69, 9.17) is 0 Å². The van der Waals surface area contributed by atoms with Crippen LogP contribution in [-0.4, -0.2) is 64.7 Å². The number of nitrogens with one attached hydrogen (secondary N) is 1. The van der Waals surface area contributed by atoms with Gasteiger partial charge in [-0.15, -0.1) is 0 Å². The third-order valence-electron chi connectivity index (χ3n) is 3.73. The predicted molar refractivity (Wildman–Crippen MR) is 77.6 cm³/mol. The summed E-state index contributed by atoms with van der Waals surface area (Å²) >= 11 is 0. The maximum Gasteiger partial charge on any atom is 0.321 e. The average molecular weight is 278 g/mol. The highest BCUT2D eigenvalue weighted by atomic mass is 16.3. The van der Waals surface area contributed by atoms with Crippen molar-refractivity contribution < 1.29 is 9.90 Å². The highest BCUT2D eigenvalue weighted by Crippen LogP contribution is 2.11. The Balaban J connectivity index is 1.83. The van der Waals surface area contributed by atoms with E-state index in [-0.39, 0.29) is 18.7 Å². The molecule has 2 heterocycles. The van der Waals surface area contributed by atoms with Gasteiger partial charge in [-0.25, -0.2) is 4.79 Å². The molecule has 0 spiro atoms. The number of rotatable bonds is 4. The van der Waals surface area contributed by atoms with E-state index in [1.165, 1.54) is 0 Å². The SMILES string of the molecule is CCC(CO)N1CCN(C(=O)Nc2ccncc2)CC1. The fourth-order valence-corrected chi connectivity index (χ4v) is 2.43. The van der Waals surface area contributed by atoms with Crippen LogP contribution in [0.1, 0.15) is 13.3 Å². The van der Waals surface area contributed by atoms with Crippen molar-refractivity contribution in [2.75, 3.05) is 38.1 Å². The van der Waals surface area contributed by atoms with Crippen LogP contribution < -0.4 is 5.32 Å². The van der Waals surface area contributed by atoms with E-state index < -0.39 is 0 Å². The second kappa shape index (κ2) is 7.21. The van der Waals surface area contributed by atoms with Crippen LogP contribution in [0.4, 0.5) is 10.5 Å². The molecule has 20 heavy (non-hydrogen) atoms. The molecule has 2 amide bonds. The second-order valence-electron chi connectivity index (χ2n) is 4.93. The molecule has 1 aromatic heterocycles. The first-order chi connectivity index (χ1) is 9.74. The monoisotopic (exact) mass is 278 g/mol. The van der Waals surface area contributed by atoms with Crippen molar-refractivity contribution in [1.82, 2.24) is 14.8 Å². The number of aromatic nitrogens is 1. The van der Waals surface area contributed by atoms with Gasteiger partial charge < -0.3 is 15.3 Å². The number of carbonyl (C=O) groups excluding carboxylic acids is 1. The van der Waals surface area contributed by atoms with E-state index in [0.717, 1.165) is 25.2 Å². The zero-order valence-electron chi connectivity index (χ0n) is 11.8. The number of anilines is 1. The maximum absolute atomic E-state index is 12.1. The Morgan fingerprint density at radius 1 is 1.35 bits per heavy atom. The molecule has 6 heteroatoms. The molecule has 1 fully saturated rings. The summed E-state index contributed by atoms with van der Waals surface area (Å²) in [6.07, 6.45) is 4.24. The molecular weight excluding hydrogens is 256 g/mol. The number of aliphatic hydroxyl groups is 1. The molecule has 0 bridgehead atoms. The van der Waals surface area contributed by atoms with Crippen LogP contribution >= 0.6 is 0 Å². The van der Waals surface area contributed by atoms with Crippen molar-refractivity contribution in [2.45, 2.75) is 19.4 Å². The number of piperazine rings is 1. The molecule has 6 nitrogen and oxygen atoms in total. The fourth-order valence-electron chi connectivity index (χ4n) is 2.43. The lowest BCUT2D eigenvalue weighted by molar-refractivity contribution is 0.0766. The van der Waals surface area contributed by atoms with Crippen LogP contribution in [-0.2, 0) is 0 Å². The number of aliphatic hydroxyl groups excluding tert-OH is 1. The molecule has 1 aliphatic heterocycles. The molecule has 1 atom stereocenters. The Morgan fingerprint density at radius 3 is 2.55 bits per heavy atom. The molecule has 0 aliphatic carbocycles. The highest BCUT2D eigenvalue weighted by Gasteiger charge is 2.24. The van der Waals surface area contributed by atoms with Crippen molar-refractivity contribution in [3.05, 3.63) is 24.5 Å². The Bertz CT molecular complexity index is 414. The number of nitrogens with zero attached hydrogens (tertiary/aromatic N) is 3. The smallest absolute Gasteiger partial charge is 0.321 e. The van der Waals surface area contributed by atoms with Gasteiger partial charge in [0.2, 0.25) is 0 Å². The van der Waals surface area contributed by atoms with Crippen molar-refractivity contribution in [2.24, 2.45) is 0 Å². The molecule has 2 N–H and O–H groups in total. The molecule has 1 aromatic rings. The minimum Gasteiger partial charge on any atom is -0.395 e. The molecular formula is C14H22N4O2. The molecule has 0 radical (unpaired) electrons. The van der Waals surface area contributed by atoms with Crippen LogP contribution in [0.2, 0.25) is 0 Å². The fraction of sp³-hybridized carbons (Fsp3) is 0.571. The molecule has 2 rings (SSSR count). The Kier molecular flexibility index (Phi) is 5.31. The Hall–Kier alpha value is -1.66. The summed E-state index contributed by atoms with van der Waals surface area (Å²) in [7, 11) is 0. The molecule has 110 valence electrons. The van der Waals surface area contributed by atoms with Gasteiger partial charge in [0, 0.05) is 50.3 Å². The molecule has 1 unspecified atom stereocenters. The van der Waals surface area contributed by atoms with Gasteiger partial charge in [-0.2, -0.15) is 0 Å². The maximum atomic E-state index is 12.1. The highest BCUT2D eigenvalue weighted by molar-refractivity contribution is 5.89. The van der Waals surface area contributed by atoms with Gasteiger partial charge in [-0.05, 0) is 18.6 Å². The van der Waals surface area contributed by atoms with Gasteiger partial charge in [-0.3, -0.25) is 9.88 Å². The van der Waals surface area contributed by atoms with Gasteiger partial charge in [-0.1, -0.05) is 6.92 Å². The molecule has 1 saturated heterocycles. The van der Waals surface area contributed by atoms with E-state index in [0.29, 0.717) is 13.1 Å². The van der Waals surface area contributed by atoms with E-state index in [2.05, 4.69) is 22.1 Å². The van der Waals surface area contributed by atoms with Gasteiger partial charge in [0.15, 0.2) is 0 Å². The third kappa shape index (κ3) is 3.68. The van der Waals surface area contributed by atoms with Crippen LogP contribution in [0.15, 0.2) is 24.5 Å². The minimum atomic E-state index is -0.0760. The van der Waals surface area contributed by atoms with Gasteiger partial charge in [0.05, 0.1) is 6.61 Å². The summed E-state index contributed by atoms with van der Waals surface area (Å²) in [4.78, 5) is 20.1. The Labute approximate surface area is 119 Å². The lowest BCUT2D eigenvalue weighted by atomic mass is 10.2. The van der Waals surface area contributed by atoms with Gasteiger partial charge in [0.1, 0.15) is 0 Å². The van der Waals surface area contributed by atoms with Crippen LogP contribution in [0, 0.1) is 0 Å². The topological polar surface area (TPSA) is 68.7 Å². The number of amides is 2. The predicted octanol–water partition coefficient (Wildman–Crippen LogP) is 1.00. The summed E-state index contributed by atoms with van der Waals surface area (Å²) in [6.45, 7) is 5.25. The second-order valence-corrected chi connectivity index (χ2v) is 4.93. The third-order valence-corrected chi connectivity index (χ3v) is 3.73. The quantitative estimate of drug-likeness (QED) is 0.862. The van der Waals surface area contributed by atoms with E-state index in [9.17, 15) is 9.90 Å². The lowest BCUT2D eigenvalue weighted by Crippen LogP contribution is -2.53. The largest absolute Gasteiger partial charge is 0.395 e. The van der Waals surface area contributed by atoms with Crippen molar-refractivity contribution in [3.8, 4) is 0 Å².